The van der Waals surface area contributed by atoms with Gasteiger partial charge in [0.15, 0.2) is 0 Å². The van der Waals surface area contributed by atoms with Gasteiger partial charge in [0, 0.05) is 13.2 Å². The first-order chi connectivity index (χ1) is 17.2. The number of hydrogen-bond acceptors (Lipinski definition) is 6. The highest BCUT2D eigenvalue weighted by molar-refractivity contribution is 5.87. The van der Waals surface area contributed by atoms with Crippen LogP contribution in [0.5, 0.6) is 0 Å². The zero-order valence-electron chi connectivity index (χ0n) is 22.8. The van der Waals surface area contributed by atoms with Gasteiger partial charge in [-0.3, -0.25) is 0 Å². The van der Waals surface area contributed by atoms with Gasteiger partial charge in [-0.1, -0.05) is 35.9 Å². The number of benzene rings is 1. The summed E-state index contributed by atoms with van der Waals surface area (Å²) >= 11 is 0. The maximum absolute atomic E-state index is 12.8. The Kier molecular flexibility index (Phi) is 8.40. The fourth-order valence-electron chi connectivity index (χ4n) is 5.82. The molecule has 1 aromatic carbocycles. The molecule has 1 saturated carbocycles. The number of allylic oxidation sites excluding steroid dienone is 1. The summed E-state index contributed by atoms with van der Waals surface area (Å²) in [7, 11) is 5.89. The van der Waals surface area contributed by atoms with Gasteiger partial charge >= 0.3 is 5.97 Å². The minimum absolute atomic E-state index is 0.0288. The summed E-state index contributed by atoms with van der Waals surface area (Å²) in [6.07, 6.45) is 9.75. The fourth-order valence-corrected chi connectivity index (χ4v) is 5.82. The molecule has 1 aliphatic carbocycles. The maximum Gasteiger partial charge on any atom is 0.331 e. The second kappa shape index (κ2) is 11.2. The predicted octanol–water partition coefficient (Wildman–Crippen LogP) is 4.81. The highest BCUT2D eigenvalue weighted by atomic mass is 16.6. The Morgan fingerprint density at radius 2 is 1.94 bits per heavy atom. The van der Waals surface area contributed by atoms with Gasteiger partial charge in [-0.05, 0) is 90.7 Å². The van der Waals surface area contributed by atoms with Gasteiger partial charge in [0.05, 0.1) is 18.6 Å². The fraction of sp³-hybridized carbons (Fsp3) is 0.633. The predicted molar refractivity (Wildman–Crippen MR) is 142 cm³/mol. The number of methoxy groups -OCH3 is 1. The lowest BCUT2D eigenvalue weighted by Crippen LogP contribution is -2.55. The largest absolute Gasteiger partial charge is 0.456 e. The minimum atomic E-state index is -0.341. The molecule has 0 radical (unpaired) electrons. The summed E-state index contributed by atoms with van der Waals surface area (Å²) in [6.45, 7) is 8.16. The first-order valence-corrected chi connectivity index (χ1v) is 13.3. The molecule has 0 bridgehead atoms. The quantitative estimate of drug-likeness (QED) is 0.189. The Balaban J connectivity index is 1.36. The van der Waals surface area contributed by atoms with Crippen LogP contribution in [0.4, 0.5) is 0 Å². The van der Waals surface area contributed by atoms with E-state index in [1.807, 2.05) is 6.08 Å². The molecular formula is C30H43NO5. The first-order valence-electron chi connectivity index (χ1n) is 13.3. The second-order valence-corrected chi connectivity index (χ2v) is 11.3. The molecule has 4 rings (SSSR count). The summed E-state index contributed by atoms with van der Waals surface area (Å²) in [6, 6.07) is 8.36. The Morgan fingerprint density at radius 1 is 1.22 bits per heavy atom. The van der Waals surface area contributed by atoms with Crippen LogP contribution in [0.15, 0.2) is 42.0 Å². The number of hydrogen-bond donors (Lipinski definition) is 0. The van der Waals surface area contributed by atoms with Gasteiger partial charge in [0.2, 0.25) is 0 Å². The van der Waals surface area contributed by atoms with Gasteiger partial charge < -0.3 is 23.8 Å². The molecule has 2 aliphatic heterocycles. The van der Waals surface area contributed by atoms with E-state index in [9.17, 15) is 4.79 Å². The number of ether oxygens (including phenoxy) is 4. The molecule has 0 aromatic heterocycles. The second-order valence-electron chi connectivity index (χ2n) is 11.3. The molecule has 1 aromatic rings. The van der Waals surface area contributed by atoms with Crippen molar-refractivity contribution in [2.75, 3.05) is 34.4 Å². The van der Waals surface area contributed by atoms with E-state index in [1.54, 1.807) is 7.11 Å². The molecule has 36 heavy (non-hydrogen) atoms. The summed E-state index contributed by atoms with van der Waals surface area (Å²) in [5.41, 5.74) is 3.03. The SMILES string of the molecule is CO[C@@H]1[C@H](OC(=O)/C=C/c2ccc(CCCN(C)C)cc2)CCC2(CO2)[C@H]1[C@@]1(C)O[C@@H]1CC=C(C)C. The van der Waals surface area contributed by atoms with Crippen molar-refractivity contribution < 1.29 is 23.7 Å². The van der Waals surface area contributed by atoms with Crippen molar-refractivity contribution in [2.24, 2.45) is 5.92 Å². The summed E-state index contributed by atoms with van der Waals surface area (Å²) in [5, 5.41) is 0. The van der Waals surface area contributed by atoms with Crippen LogP contribution in [-0.2, 0) is 30.2 Å². The van der Waals surface area contributed by atoms with Crippen molar-refractivity contribution in [3.05, 3.63) is 53.1 Å². The third kappa shape index (κ3) is 6.28. The van der Waals surface area contributed by atoms with Crippen LogP contribution in [0.1, 0.15) is 57.6 Å². The van der Waals surface area contributed by atoms with Crippen LogP contribution >= 0.6 is 0 Å². The molecule has 6 nitrogen and oxygen atoms in total. The monoisotopic (exact) mass is 497 g/mol. The lowest BCUT2D eigenvalue weighted by Gasteiger charge is -2.42. The Labute approximate surface area is 216 Å². The molecule has 198 valence electrons. The lowest BCUT2D eigenvalue weighted by atomic mass is 9.68. The molecule has 2 heterocycles. The van der Waals surface area contributed by atoms with E-state index in [0.29, 0.717) is 0 Å². The van der Waals surface area contributed by atoms with E-state index in [-0.39, 0.29) is 41.4 Å². The van der Waals surface area contributed by atoms with Crippen molar-refractivity contribution in [3.63, 3.8) is 0 Å². The van der Waals surface area contributed by atoms with Crippen molar-refractivity contribution >= 4 is 12.0 Å². The number of carbonyl (C=O) groups is 1. The molecule has 3 aliphatic rings. The first kappa shape index (κ1) is 27.1. The van der Waals surface area contributed by atoms with Gasteiger partial charge in [0.1, 0.15) is 23.4 Å². The highest BCUT2D eigenvalue weighted by Crippen LogP contribution is 2.59. The van der Waals surface area contributed by atoms with Gasteiger partial charge in [-0.25, -0.2) is 4.79 Å². The van der Waals surface area contributed by atoms with E-state index in [1.165, 1.54) is 17.2 Å². The molecule has 3 fully saturated rings. The number of nitrogens with zero attached hydrogens (tertiary/aromatic N) is 1. The smallest absolute Gasteiger partial charge is 0.331 e. The summed E-state index contributed by atoms with van der Waals surface area (Å²) in [5.74, 6) is -0.312. The van der Waals surface area contributed by atoms with Gasteiger partial charge in [-0.15, -0.1) is 0 Å². The number of rotatable bonds is 11. The molecule has 1 spiro atoms. The average Bonchev–Trinajstić information content (AvgIpc) is 3.75. The molecule has 6 atom stereocenters. The van der Waals surface area contributed by atoms with E-state index in [0.717, 1.165) is 50.8 Å². The zero-order valence-corrected chi connectivity index (χ0v) is 22.8. The lowest BCUT2D eigenvalue weighted by molar-refractivity contribution is -0.166. The third-order valence-corrected chi connectivity index (χ3v) is 7.97. The van der Waals surface area contributed by atoms with Crippen LogP contribution in [0, 0.1) is 5.92 Å². The number of esters is 1. The molecule has 1 unspecified atom stereocenters. The third-order valence-electron chi connectivity index (χ3n) is 7.97. The normalized spacial score (nSPS) is 33.2. The van der Waals surface area contributed by atoms with Crippen LogP contribution in [0.25, 0.3) is 6.08 Å². The van der Waals surface area contributed by atoms with Crippen molar-refractivity contribution in [1.82, 2.24) is 4.90 Å². The zero-order chi connectivity index (χ0) is 25.9. The molecular weight excluding hydrogens is 454 g/mol. The Morgan fingerprint density at radius 3 is 2.56 bits per heavy atom. The topological polar surface area (TPSA) is 63.8 Å². The molecule has 0 N–H and O–H groups in total. The van der Waals surface area contributed by atoms with Crippen LogP contribution < -0.4 is 0 Å². The Hall–Kier alpha value is -1.99. The van der Waals surface area contributed by atoms with E-state index in [2.05, 4.69) is 70.1 Å². The van der Waals surface area contributed by atoms with E-state index in [4.69, 9.17) is 18.9 Å². The van der Waals surface area contributed by atoms with E-state index >= 15 is 0 Å². The summed E-state index contributed by atoms with van der Waals surface area (Å²) in [4.78, 5) is 15.0. The number of carbonyl (C=O) groups excluding carboxylic acids is 1. The van der Waals surface area contributed by atoms with Crippen LogP contribution in [-0.4, -0.2) is 74.7 Å². The van der Waals surface area contributed by atoms with Gasteiger partial charge in [-0.2, -0.15) is 0 Å². The Bertz CT molecular complexity index is 960. The maximum atomic E-state index is 12.8. The molecule has 0 amide bonds. The van der Waals surface area contributed by atoms with Crippen molar-refractivity contribution in [2.45, 2.75) is 82.4 Å². The van der Waals surface area contributed by atoms with Crippen molar-refractivity contribution in [1.29, 1.82) is 0 Å². The van der Waals surface area contributed by atoms with Gasteiger partial charge in [0.25, 0.3) is 0 Å². The van der Waals surface area contributed by atoms with Crippen LogP contribution in [0.2, 0.25) is 0 Å². The summed E-state index contributed by atoms with van der Waals surface area (Å²) < 4.78 is 24.2. The average molecular weight is 498 g/mol. The molecule has 2 saturated heterocycles. The minimum Gasteiger partial charge on any atom is -0.456 e. The highest BCUT2D eigenvalue weighted by Gasteiger charge is 2.72. The van der Waals surface area contributed by atoms with E-state index < -0.39 is 0 Å². The van der Waals surface area contributed by atoms with Crippen LogP contribution in [0.3, 0.4) is 0 Å². The standard InChI is InChI=1S/C30H43NO5/c1-21(2)9-15-25-29(3,36-25)28-27(33-6)24(17-18-30(28)20-34-30)35-26(32)16-14-23-12-10-22(11-13-23)8-7-19-31(4)5/h9-14,16,24-25,27-28H,7-8,15,17-20H2,1-6H3/b16-14+/t24-,25-,27-,28-,29+,30?/m1/s1. The van der Waals surface area contributed by atoms with Crippen molar-refractivity contribution in [3.8, 4) is 0 Å². The molecule has 6 heteroatoms. The number of aryl methyl sites for hydroxylation is 1. The number of epoxide rings is 2.